The van der Waals surface area contributed by atoms with Crippen LogP contribution >= 0.6 is 0 Å². The Morgan fingerprint density at radius 2 is 1.83 bits per heavy atom. The molecule has 1 aliphatic rings. The van der Waals surface area contributed by atoms with Crippen LogP contribution in [-0.2, 0) is 16.6 Å². The number of rotatable bonds is 7. The van der Waals surface area contributed by atoms with Gasteiger partial charge in [0.15, 0.2) is 5.96 Å². The molecule has 0 radical (unpaired) electrons. The Bertz CT molecular complexity index is 664. The molecule has 1 aromatic rings. The first-order valence-corrected chi connectivity index (χ1v) is 9.88. The molecule has 0 amide bonds. The smallest absolute Gasteiger partial charge is 0.240 e. The van der Waals surface area contributed by atoms with Crippen molar-refractivity contribution in [1.29, 1.82) is 0 Å². The van der Waals surface area contributed by atoms with Gasteiger partial charge in [-0.05, 0) is 43.4 Å². The van der Waals surface area contributed by atoms with Gasteiger partial charge in [0.25, 0.3) is 0 Å². The van der Waals surface area contributed by atoms with Crippen LogP contribution in [0.15, 0.2) is 34.2 Å². The quantitative estimate of drug-likeness (QED) is 0.516. The van der Waals surface area contributed by atoms with Gasteiger partial charge in [-0.15, -0.1) is 0 Å². The number of guanidine groups is 1. The van der Waals surface area contributed by atoms with Crippen molar-refractivity contribution in [2.24, 2.45) is 10.9 Å². The minimum absolute atomic E-state index is 0.119. The summed E-state index contributed by atoms with van der Waals surface area (Å²) in [6.45, 7) is 7.00. The molecule has 3 N–H and O–H groups in total. The third-order valence-electron chi connectivity index (χ3n) is 4.18. The molecule has 1 fully saturated rings. The van der Waals surface area contributed by atoms with Crippen molar-refractivity contribution >= 4 is 16.0 Å². The fourth-order valence-electron chi connectivity index (χ4n) is 2.04. The van der Waals surface area contributed by atoms with Crippen molar-refractivity contribution in [3.8, 4) is 0 Å². The highest BCUT2D eigenvalue weighted by molar-refractivity contribution is 7.89. The second-order valence-electron chi connectivity index (χ2n) is 6.64. The summed E-state index contributed by atoms with van der Waals surface area (Å²) in [5.41, 5.74) is 1.00. The molecule has 1 aliphatic carbocycles. The summed E-state index contributed by atoms with van der Waals surface area (Å²) in [7, 11) is -1.64. The number of nitrogens with zero attached hydrogens (tertiary/aromatic N) is 1. The first-order chi connectivity index (χ1) is 11.3. The van der Waals surface area contributed by atoms with E-state index in [0.29, 0.717) is 23.4 Å². The molecule has 0 aliphatic heterocycles. The number of nitrogens with one attached hydrogen (secondary N) is 3. The summed E-state index contributed by atoms with van der Waals surface area (Å²) in [6, 6.07) is 7.38. The highest BCUT2D eigenvalue weighted by Crippen LogP contribution is 2.22. The van der Waals surface area contributed by atoms with E-state index in [1.807, 2.05) is 12.1 Å². The summed E-state index contributed by atoms with van der Waals surface area (Å²) in [5, 5.41) is 6.58. The minimum atomic E-state index is -3.38. The van der Waals surface area contributed by atoms with Crippen LogP contribution in [-0.4, -0.2) is 33.5 Å². The Labute approximate surface area is 145 Å². The van der Waals surface area contributed by atoms with Crippen LogP contribution in [0.25, 0.3) is 0 Å². The maximum atomic E-state index is 12.1. The van der Waals surface area contributed by atoms with E-state index in [-0.39, 0.29) is 6.04 Å². The van der Waals surface area contributed by atoms with Crippen LogP contribution in [0.3, 0.4) is 0 Å². The molecular weight excluding hydrogens is 324 g/mol. The molecule has 1 unspecified atom stereocenters. The maximum absolute atomic E-state index is 12.1. The summed E-state index contributed by atoms with van der Waals surface area (Å²) in [4.78, 5) is 4.52. The fourth-order valence-corrected chi connectivity index (χ4v) is 3.34. The Morgan fingerprint density at radius 3 is 2.33 bits per heavy atom. The van der Waals surface area contributed by atoms with Gasteiger partial charge in [-0.3, -0.25) is 4.99 Å². The second kappa shape index (κ2) is 7.98. The van der Waals surface area contributed by atoms with Crippen molar-refractivity contribution in [3.05, 3.63) is 29.8 Å². The molecular formula is C17H28N4O2S. The van der Waals surface area contributed by atoms with Crippen molar-refractivity contribution in [2.75, 3.05) is 7.05 Å². The van der Waals surface area contributed by atoms with Crippen molar-refractivity contribution in [2.45, 2.75) is 57.1 Å². The van der Waals surface area contributed by atoms with E-state index in [4.69, 9.17) is 0 Å². The highest BCUT2D eigenvalue weighted by atomic mass is 32.2. The van der Waals surface area contributed by atoms with Gasteiger partial charge >= 0.3 is 0 Å². The number of benzene rings is 1. The van der Waals surface area contributed by atoms with E-state index < -0.39 is 10.0 Å². The van der Waals surface area contributed by atoms with Crippen LogP contribution in [0.2, 0.25) is 0 Å². The SMILES string of the molecule is CN=C(NCc1ccc(S(=O)(=O)NC2CC2)cc1)NC(C)C(C)C. The zero-order valence-corrected chi connectivity index (χ0v) is 15.7. The van der Waals surface area contributed by atoms with Crippen LogP contribution in [0, 0.1) is 5.92 Å². The molecule has 0 saturated heterocycles. The molecule has 0 spiro atoms. The molecule has 1 saturated carbocycles. The molecule has 0 aromatic heterocycles. The van der Waals surface area contributed by atoms with Gasteiger partial charge in [0.2, 0.25) is 10.0 Å². The Hall–Kier alpha value is -1.60. The largest absolute Gasteiger partial charge is 0.354 e. The number of hydrogen-bond acceptors (Lipinski definition) is 3. The monoisotopic (exact) mass is 352 g/mol. The van der Waals surface area contributed by atoms with E-state index in [1.54, 1.807) is 19.2 Å². The van der Waals surface area contributed by atoms with Crippen molar-refractivity contribution in [3.63, 3.8) is 0 Å². The lowest BCUT2D eigenvalue weighted by Gasteiger charge is -2.20. The van der Waals surface area contributed by atoms with Gasteiger partial charge in [-0.25, -0.2) is 13.1 Å². The first kappa shape index (κ1) is 18.7. The predicted octanol–water partition coefficient (Wildman–Crippen LogP) is 1.84. The van der Waals surface area contributed by atoms with E-state index in [2.05, 4.69) is 41.1 Å². The molecule has 24 heavy (non-hydrogen) atoms. The number of sulfonamides is 1. The molecule has 1 aromatic carbocycles. The first-order valence-electron chi connectivity index (χ1n) is 8.40. The van der Waals surface area contributed by atoms with Gasteiger partial charge in [0.1, 0.15) is 0 Å². The predicted molar refractivity (Wildman–Crippen MR) is 97.4 cm³/mol. The average Bonchev–Trinajstić information content (AvgIpc) is 3.34. The van der Waals surface area contributed by atoms with Gasteiger partial charge in [0.05, 0.1) is 4.90 Å². The molecule has 6 nitrogen and oxygen atoms in total. The molecule has 7 heteroatoms. The number of aliphatic imine (C=N–C) groups is 1. The van der Waals surface area contributed by atoms with E-state index >= 15 is 0 Å². The zero-order chi connectivity index (χ0) is 17.7. The van der Waals surface area contributed by atoms with E-state index in [0.717, 1.165) is 24.4 Å². The summed E-state index contributed by atoms with van der Waals surface area (Å²) in [5.74, 6) is 1.25. The van der Waals surface area contributed by atoms with Crippen molar-refractivity contribution in [1.82, 2.24) is 15.4 Å². The third-order valence-corrected chi connectivity index (χ3v) is 5.72. The summed E-state index contributed by atoms with van der Waals surface area (Å²) >= 11 is 0. The van der Waals surface area contributed by atoms with Gasteiger partial charge in [0, 0.05) is 25.7 Å². The maximum Gasteiger partial charge on any atom is 0.240 e. The van der Waals surface area contributed by atoms with Gasteiger partial charge in [-0.2, -0.15) is 0 Å². The molecule has 0 heterocycles. The fraction of sp³-hybridized carbons (Fsp3) is 0.588. The van der Waals surface area contributed by atoms with Crippen LogP contribution < -0.4 is 15.4 Å². The van der Waals surface area contributed by atoms with E-state index in [9.17, 15) is 8.42 Å². The zero-order valence-electron chi connectivity index (χ0n) is 14.8. The molecule has 0 bridgehead atoms. The average molecular weight is 353 g/mol. The summed E-state index contributed by atoms with van der Waals surface area (Å²) < 4.78 is 27.0. The molecule has 134 valence electrons. The normalized spacial score (nSPS) is 17.0. The third kappa shape index (κ3) is 5.49. The second-order valence-corrected chi connectivity index (χ2v) is 8.36. The summed E-state index contributed by atoms with van der Waals surface area (Å²) in [6.07, 6.45) is 1.87. The van der Waals surface area contributed by atoms with Crippen molar-refractivity contribution < 1.29 is 8.42 Å². The van der Waals surface area contributed by atoms with Crippen LogP contribution in [0.5, 0.6) is 0 Å². The molecule has 2 rings (SSSR count). The van der Waals surface area contributed by atoms with E-state index in [1.165, 1.54) is 0 Å². The highest BCUT2D eigenvalue weighted by Gasteiger charge is 2.27. The Balaban J connectivity index is 1.91. The standard InChI is InChI=1S/C17H28N4O2S/c1-12(2)13(3)20-17(18-4)19-11-14-5-9-16(10-6-14)24(22,23)21-15-7-8-15/h5-6,9-10,12-13,15,21H,7-8,11H2,1-4H3,(H2,18,19,20). The van der Waals surface area contributed by atoms with Crippen LogP contribution in [0.1, 0.15) is 39.2 Å². The topological polar surface area (TPSA) is 82.6 Å². The molecule has 1 atom stereocenters. The van der Waals surface area contributed by atoms with Gasteiger partial charge in [-0.1, -0.05) is 26.0 Å². The lowest BCUT2D eigenvalue weighted by atomic mass is 10.1. The lowest BCUT2D eigenvalue weighted by molar-refractivity contribution is 0.481. The van der Waals surface area contributed by atoms with Gasteiger partial charge < -0.3 is 10.6 Å². The van der Waals surface area contributed by atoms with Crippen LogP contribution in [0.4, 0.5) is 0 Å². The Kier molecular flexibility index (Phi) is 6.23. The Morgan fingerprint density at radius 1 is 1.21 bits per heavy atom. The lowest BCUT2D eigenvalue weighted by Crippen LogP contribution is -2.43. The number of hydrogen-bond donors (Lipinski definition) is 3. The minimum Gasteiger partial charge on any atom is -0.354 e.